The van der Waals surface area contributed by atoms with E-state index in [1.54, 1.807) is 18.2 Å². The Morgan fingerprint density at radius 2 is 1.65 bits per heavy atom. The molecule has 1 heterocycles. The van der Waals surface area contributed by atoms with Gasteiger partial charge in [0.25, 0.3) is 10.0 Å². The summed E-state index contributed by atoms with van der Waals surface area (Å²) in [4.78, 5) is 12.8. The highest BCUT2D eigenvalue weighted by molar-refractivity contribution is 7.92. The molecule has 0 saturated carbocycles. The number of nitrogens with zero attached hydrogens (tertiary/aromatic N) is 1. The van der Waals surface area contributed by atoms with Crippen molar-refractivity contribution in [2.75, 3.05) is 4.72 Å². The maximum absolute atomic E-state index is 12.7. The fourth-order valence-corrected chi connectivity index (χ4v) is 3.59. The molecule has 0 aliphatic rings. The molecule has 0 aliphatic carbocycles. The number of carbonyl (C=O) groups is 1. The van der Waals surface area contributed by atoms with Gasteiger partial charge in [-0.1, -0.05) is 29.8 Å². The first-order valence-corrected chi connectivity index (χ1v) is 9.34. The zero-order valence-corrected chi connectivity index (χ0v) is 14.9. The molecule has 8 heteroatoms. The van der Waals surface area contributed by atoms with Crippen molar-refractivity contribution in [1.82, 2.24) is 0 Å². The van der Waals surface area contributed by atoms with Gasteiger partial charge in [-0.3, -0.25) is 9.52 Å². The number of sulfonamides is 1. The number of hydrogen-bond donors (Lipinski definition) is 1. The van der Waals surface area contributed by atoms with Gasteiger partial charge in [0, 0.05) is 28.3 Å². The molecule has 132 valence electrons. The molecule has 0 atom stereocenters. The standard InChI is InChI=1S/C18H13ClN2O4S/c19-14-6-7-17(20-26(24,25)15-4-2-1-3-5-15)16(12-14)18(22)13-8-10-21(23)11-9-13/h1-12,20H. The van der Waals surface area contributed by atoms with Crippen LogP contribution in [-0.4, -0.2) is 14.2 Å². The molecule has 3 aromatic rings. The molecule has 3 rings (SSSR count). The van der Waals surface area contributed by atoms with Crippen molar-refractivity contribution in [3.05, 3.63) is 94.4 Å². The number of pyridine rings is 1. The second-order valence-corrected chi connectivity index (χ2v) is 7.50. The van der Waals surface area contributed by atoms with Crippen LogP contribution in [0.5, 0.6) is 0 Å². The van der Waals surface area contributed by atoms with E-state index in [4.69, 9.17) is 11.6 Å². The number of benzene rings is 2. The van der Waals surface area contributed by atoms with Gasteiger partial charge >= 0.3 is 0 Å². The van der Waals surface area contributed by atoms with Crippen molar-refractivity contribution in [3.63, 3.8) is 0 Å². The minimum absolute atomic E-state index is 0.0699. The van der Waals surface area contributed by atoms with E-state index < -0.39 is 15.8 Å². The molecule has 2 aromatic carbocycles. The molecule has 0 spiro atoms. The van der Waals surface area contributed by atoms with E-state index in [-0.39, 0.29) is 26.7 Å². The Bertz CT molecular complexity index is 1050. The van der Waals surface area contributed by atoms with Crippen LogP contribution in [0.3, 0.4) is 0 Å². The lowest BCUT2D eigenvalue weighted by molar-refractivity contribution is -0.605. The van der Waals surface area contributed by atoms with Crippen LogP contribution in [0.15, 0.2) is 78.0 Å². The number of nitrogens with one attached hydrogen (secondary N) is 1. The summed E-state index contributed by atoms with van der Waals surface area (Å²) in [6.07, 6.45) is 2.37. The highest BCUT2D eigenvalue weighted by Crippen LogP contribution is 2.26. The fraction of sp³-hybridized carbons (Fsp3) is 0. The summed E-state index contributed by atoms with van der Waals surface area (Å²) in [5, 5.41) is 11.4. The van der Waals surface area contributed by atoms with Gasteiger partial charge in [-0.25, -0.2) is 8.42 Å². The van der Waals surface area contributed by atoms with Crippen molar-refractivity contribution in [3.8, 4) is 0 Å². The van der Waals surface area contributed by atoms with Crippen LogP contribution in [0.2, 0.25) is 5.02 Å². The number of halogens is 1. The van der Waals surface area contributed by atoms with Gasteiger partial charge in [0.05, 0.1) is 10.6 Å². The fourth-order valence-electron chi connectivity index (χ4n) is 2.32. The first-order chi connectivity index (χ1) is 12.4. The predicted octanol–water partition coefficient (Wildman–Crippen LogP) is 3.01. The van der Waals surface area contributed by atoms with Gasteiger partial charge in [-0.05, 0) is 30.3 Å². The van der Waals surface area contributed by atoms with Crippen molar-refractivity contribution >= 4 is 33.1 Å². The smallest absolute Gasteiger partial charge is 0.261 e. The Kier molecular flexibility index (Phi) is 4.92. The number of hydrogen-bond acceptors (Lipinski definition) is 4. The van der Waals surface area contributed by atoms with Gasteiger partial charge in [0.1, 0.15) is 0 Å². The minimum atomic E-state index is -3.87. The molecule has 0 bridgehead atoms. The van der Waals surface area contributed by atoms with Crippen LogP contribution in [-0.2, 0) is 10.0 Å². The lowest BCUT2D eigenvalue weighted by Gasteiger charge is -2.12. The maximum atomic E-state index is 12.7. The normalized spacial score (nSPS) is 11.1. The Labute approximate surface area is 155 Å². The molecule has 0 aliphatic heterocycles. The van der Waals surface area contributed by atoms with Crippen LogP contribution in [0.4, 0.5) is 5.69 Å². The zero-order valence-electron chi connectivity index (χ0n) is 13.3. The molecule has 1 N–H and O–H groups in total. The summed E-state index contributed by atoms with van der Waals surface area (Å²) < 4.78 is 28.1. The summed E-state index contributed by atoms with van der Waals surface area (Å²) in [6.45, 7) is 0. The Hall–Kier alpha value is -2.90. The molecular weight excluding hydrogens is 376 g/mol. The van der Waals surface area contributed by atoms with Gasteiger partial charge in [0.2, 0.25) is 0 Å². The molecule has 0 fully saturated rings. The summed E-state index contributed by atoms with van der Waals surface area (Å²) >= 11 is 5.98. The van der Waals surface area contributed by atoms with Crippen molar-refractivity contribution < 1.29 is 17.9 Å². The number of carbonyl (C=O) groups excluding carboxylic acids is 1. The SMILES string of the molecule is O=C(c1cc[n+]([O-])cc1)c1cc(Cl)ccc1NS(=O)(=O)c1ccccc1. The Balaban J connectivity index is 2.01. The van der Waals surface area contributed by atoms with E-state index in [0.29, 0.717) is 4.73 Å². The van der Waals surface area contributed by atoms with Gasteiger partial charge in [-0.15, -0.1) is 0 Å². The molecular formula is C18H13ClN2O4S. The Morgan fingerprint density at radius 1 is 1.00 bits per heavy atom. The molecule has 26 heavy (non-hydrogen) atoms. The van der Waals surface area contributed by atoms with Crippen LogP contribution in [0.1, 0.15) is 15.9 Å². The number of aromatic nitrogens is 1. The van der Waals surface area contributed by atoms with E-state index in [9.17, 15) is 18.4 Å². The van der Waals surface area contributed by atoms with Crippen molar-refractivity contribution in [1.29, 1.82) is 0 Å². The molecule has 6 nitrogen and oxygen atoms in total. The Morgan fingerprint density at radius 3 is 2.31 bits per heavy atom. The number of ketones is 1. The second-order valence-electron chi connectivity index (χ2n) is 5.38. The first-order valence-electron chi connectivity index (χ1n) is 7.48. The third-order valence-corrected chi connectivity index (χ3v) is 5.20. The van der Waals surface area contributed by atoms with Crippen LogP contribution >= 0.6 is 11.6 Å². The third kappa shape index (κ3) is 3.84. The minimum Gasteiger partial charge on any atom is -0.619 e. The van der Waals surface area contributed by atoms with Gasteiger partial charge < -0.3 is 5.21 Å². The zero-order chi connectivity index (χ0) is 18.7. The summed E-state index contributed by atoms with van der Waals surface area (Å²) in [6, 6.07) is 14.8. The van der Waals surface area contributed by atoms with E-state index in [1.807, 2.05) is 0 Å². The van der Waals surface area contributed by atoms with E-state index >= 15 is 0 Å². The highest BCUT2D eigenvalue weighted by atomic mass is 35.5. The molecule has 0 saturated heterocycles. The summed E-state index contributed by atoms with van der Waals surface area (Å²) in [7, 11) is -3.87. The monoisotopic (exact) mass is 388 g/mol. The molecule has 0 radical (unpaired) electrons. The average Bonchev–Trinajstić information content (AvgIpc) is 2.64. The summed E-state index contributed by atoms with van der Waals surface area (Å²) in [5.41, 5.74) is 0.419. The second kappa shape index (κ2) is 7.15. The van der Waals surface area contributed by atoms with Crippen molar-refractivity contribution in [2.24, 2.45) is 0 Å². The lowest BCUT2D eigenvalue weighted by atomic mass is 10.0. The molecule has 0 unspecified atom stereocenters. The van der Waals surface area contributed by atoms with Crippen LogP contribution in [0, 0.1) is 5.21 Å². The number of rotatable bonds is 5. The first kappa shape index (κ1) is 17.9. The summed E-state index contributed by atoms with van der Waals surface area (Å²) in [5.74, 6) is -0.459. The predicted molar refractivity (Wildman–Crippen MR) is 97.5 cm³/mol. The van der Waals surface area contributed by atoms with E-state index in [0.717, 1.165) is 0 Å². The molecule has 0 amide bonds. The topological polar surface area (TPSA) is 90.2 Å². The third-order valence-electron chi connectivity index (χ3n) is 3.59. The van der Waals surface area contributed by atoms with Gasteiger partial charge in [0.15, 0.2) is 18.2 Å². The average molecular weight is 389 g/mol. The lowest BCUT2D eigenvalue weighted by Crippen LogP contribution is -2.24. The molecule has 1 aromatic heterocycles. The van der Waals surface area contributed by atoms with Crippen LogP contribution in [0.25, 0.3) is 0 Å². The van der Waals surface area contributed by atoms with E-state index in [2.05, 4.69) is 4.72 Å². The quantitative estimate of drug-likeness (QED) is 0.413. The van der Waals surface area contributed by atoms with E-state index in [1.165, 1.54) is 54.9 Å². The van der Waals surface area contributed by atoms with Gasteiger partial charge in [-0.2, -0.15) is 4.73 Å². The van der Waals surface area contributed by atoms with Crippen LogP contribution < -0.4 is 9.45 Å². The maximum Gasteiger partial charge on any atom is 0.261 e. The number of anilines is 1. The van der Waals surface area contributed by atoms with Crippen molar-refractivity contribution in [2.45, 2.75) is 4.90 Å². The highest BCUT2D eigenvalue weighted by Gasteiger charge is 2.20. The largest absolute Gasteiger partial charge is 0.619 e.